The molecule has 0 spiro atoms. The van der Waals surface area contributed by atoms with E-state index >= 15 is 0 Å². The Hall–Kier alpha value is -8.62. The van der Waals surface area contributed by atoms with Crippen LogP contribution in [0.1, 0.15) is 28.9 Å². The minimum Gasteiger partial charge on any atom is -0.298 e. The summed E-state index contributed by atoms with van der Waals surface area (Å²) in [6, 6.07) is 55.5. The van der Waals surface area contributed by atoms with Crippen molar-refractivity contribution in [3.63, 3.8) is 0 Å². The zero-order valence-corrected chi connectivity index (χ0v) is 35.6. The predicted octanol–water partition coefficient (Wildman–Crippen LogP) is 13.5. The van der Waals surface area contributed by atoms with Gasteiger partial charge in [-0.05, 0) is 56.2 Å². The first-order valence-corrected chi connectivity index (χ1v) is 22.1. The molecule has 0 radical (unpaired) electrons. The van der Waals surface area contributed by atoms with Crippen LogP contribution in [-0.2, 0) is 6.42 Å². The van der Waals surface area contributed by atoms with E-state index in [-0.39, 0.29) is 0 Å². The highest BCUT2D eigenvalue weighted by Crippen LogP contribution is 2.38. The monoisotopic (exact) mass is 836 g/mol. The highest BCUT2D eigenvalue weighted by Gasteiger charge is 2.25. The topological polar surface area (TPSA) is 71.3 Å². The number of benzene rings is 6. The number of hydrogen-bond donors (Lipinski definition) is 0. The SMILES string of the molecule is C=C/C=C\c1c(C)n(-c2cc(-n3c4c(c5ccccc53)C=CCC4)nc(-c3nc(-n4c5ccccc5c5ccccc54)cc(-n4c5ccccc5c5ccccc54)n3)n2)c2ccccc12. The van der Waals surface area contributed by atoms with Crippen molar-refractivity contribution < 1.29 is 0 Å². The summed E-state index contributed by atoms with van der Waals surface area (Å²) in [4.78, 5) is 22.1. The maximum Gasteiger partial charge on any atom is 0.201 e. The van der Waals surface area contributed by atoms with Crippen LogP contribution in [0.15, 0.2) is 183 Å². The lowest BCUT2D eigenvalue weighted by atomic mass is 10.0. The zero-order chi connectivity index (χ0) is 43.2. The van der Waals surface area contributed by atoms with Gasteiger partial charge in [0.1, 0.15) is 23.3 Å². The standard InChI is InChI=1S/C57H40N8/c1-3-4-19-37-36(2)62(45-27-12-5-20-38(37)45)52-34-53(63-46-28-13-6-21-39(46)40-22-7-14-29-47(40)63)59-56(58-52)57-60-54(64-48-30-15-8-23-41(48)42-24-9-16-31-49(42)64)35-55(61-57)65-50-32-17-10-25-43(50)44-26-11-18-33-51(44)65/h3-13,15-28,30-35H,1,14,29H2,2H3/b19-4-. The van der Waals surface area contributed by atoms with Gasteiger partial charge in [-0.3, -0.25) is 18.3 Å². The first-order chi connectivity index (χ1) is 32.1. The summed E-state index contributed by atoms with van der Waals surface area (Å²) in [5.74, 6) is 3.73. The Morgan fingerprint density at radius 1 is 0.462 bits per heavy atom. The second-order valence-corrected chi connectivity index (χ2v) is 16.7. The molecule has 0 fully saturated rings. The van der Waals surface area contributed by atoms with E-state index in [0.717, 1.165) is 95.8 Å². The van der Waals surface area contributed by atoms with Crippen molar-refractivity contribution in [3.8, 4) is 34.9 Å². The molecule has 0 atom stereocenters. The van der Waals surface area contributed by atoms with Gasteiger partial charge in [0.05, 0.1) is 33.1 Å². The highest BCUT2D eigenvalue weighted by molar-refractivity contribution is 6.10. The van der Waals surface area contributed by atoms with E-state index in [4.69, 9.17) is 19.9 Å². The number of aromatic nitrogens is 8. The molecular weight excluding hydrogens is 797 g/mol. The molecule has 0 unspecified atom stereocenters. The number of rotatable bonds is 7. The van der Waals surface area contributed by atoms with Gasteiger partial charge in [-0.2, -0.15) is 0 Å². The number of hydrogen-bond acceptors (Lipinski definition) is 4. The normalized spacial score (nSPS) is 12.8. The molecule has 0 saturated carbocycles. The summed E-state index contributed by atoms with van der Waals surface area (Å²) in [6.45, 7) is 6.13. The summed E-state index contributed by atoms with van der Waals surface area (Å²) in [6.07, 6.45) is 12.3. The molecule has 1 aliphatic rings. The van der Waals surface area contributed by atoms with Gasteiger partial charge in [0, 0.05) is 67.0 Å². The minimum atomic E-state index is 0.412. The molecular formula is C57H40N8. The molecule has 6 heterocycles. The second-order valence-electron chi connectivity index (χ2n) is 16.7. The van der Waals surface area contributed by atoms with Crippen molar-refractivity contribution >= 4 is 77.6 Å². The van der Waals surface area contributed by atoms with Gasteiger partial charge in [-0.15, -0.1) is 0 Å². The Morgan fingerprint density at radius 3 is 1.32 bits per heavy atom. The number of allylic oxidation sites excluding steroid dienone is 3. The lowest BCUT2D eigenvalue weighted by Crippen LogP contribution is -2.12. The first-order valence-electron chi connectivity index (χ1n) is 22.1. The molecule has 0 N–H and O–H groups in total. The third kappa shape index (κ3) is 5.57. The molecule has 12 aromatic rings. The van der Waals surface area contributed by atoms with E-state index in [2.05, 4.69) is 208 Å². The Balaban J connectivity index is 1.16. The number of fused-ring (bicyclic) bond motifs is 10. The van der Waals surface area contributed by atoms with Crippen molar-refractivity contribution in [1.29, 1.82) is 0 Å². The van der Waals surface area contributed by atoms with E-state index in [1.54, 1.807) is 0 Å². The van der Waals surface area contributed by atoms with E-state index in [0.29, 0.717) is 23.3 Å². The van der Waals surface area contributed by atoms with Crippen LogP contribution in [0.2, 0.25) is 0 Å². The molecule has 6 aromatic heterocycles. The van der Waals surface area contributed by atoms with Crippen LogP contribution in [0.4, 0.5) is 0 Å². The molecule has 8 nitrogen and oxygen atoms in total. The Labute approximate surface area is 374 Å². The van der Waals surface area contributed by atoms with E-state index in [9.17, 15) is 0 Å². The first kappa shape index (κ1) is 37.0. The quantitative estimate of drug-likeness (QED) is 0.150. The van der Waals surface area contributed by atoms with Crippen LogP contribution >= 0.6 is 0 Å². The third-order valence-electron chi connectivity index (χ3n) is 13.1. The minimum absolute atomic E-state index is 0.412. The fourth-order valence-corrected chi connectivity index (χ4v) is 10.3. The lowest BCUT2D eigenvalue weighted by molar-refractivity contribution is 0.857. The summed E-state index contributed by atoms with van der Waals surface area (Å²) in [5, 5.41) is 6.91. The average molecular weight is 837 g/mol. The van der Waals surface area contributed by atoms with Gasteiger partial charge >= 0.3 is 0 Å². The number of nitrogens with zero attached hydrogens (tertiary/aromatic N) is 8. The Morgan fingerprint density at radius 2 is 0.846 bits per heavy atom. The van der Waals surface area contributed by atoms with Crippen LogP contribution in [0.5, 0.6) is 0 Å². The maximum atomic E-state index is 5.53. The fourth-order valence-electron chi connectivity index (χ4n) is 10.3. The van der Waals surface area contributed by atoms with Gasteiger partial charge in [0.15, 0.2) is 0 Å². The molecule has 6 aromatic carbocycles. The van der Waals surface area contributed by atoms with Crippen LogP contribution in [-0.4, -0.2) is 38.2 Å². The van der Waals surface area contributed by atoms with Gasteiger partial charge in [-0.25, -0.2) is 19.9 Å². The zero-order valence-electron chi connectivity index (χ0n) is 35.6. The summed E-state index contributed by atoms with van der Waals surface area (Å²) < 4.78 is 9.08. The van der Waals surface area contributed by atoms with Crippen LogP contribution in [0.3, 0.4) is 0 Å². The molecule has 65 heavy (non-hydrogen) atoms. The van der Waals surface area contributed by atoms with Crippen LogP contribution in [0.25, 0.3) is 112 Å². The van der Waals surface area contributed by atoms with Crippen molar-refractivity contribution in [3.05, 3.63) is 205 Å². The van der Waals surface area contributed by atoms with Crippen LogP contribution < -0.4 is 0 Å². The molecule has 0 saturated heterocycles. The summed E-state index contributed by atoms with van der Waals surface area (Å²) >= 11 is 0. The van der Waals surface area contributed by atoms with E-state index < -0.39 is 0 Å². The second kappa shape index (κ2) is 14.5. The maximum absolute atomic E-state index is 5.53. The van der Waals surface area contributed by atoms with E-state index in [1.807, 2.05) is 12.2 Å². The summed E-state index contributed by atoms with van der Waals surface area (Å²) in [5.41, 5.74) is 10.9. The molecule has 308 valence electrons. The summed E-state index contributed by atoms with van der Waals surface area (Å²) in [7, 11) is 0. The van der Waals surface area contributed by atoms with Gasteiger partial charge < -0.3 is 0 Å². The fraction of sp³-hybridized carbons (Fsp3) is 0.0526. The molecule has 1 aliphatic carbocycles. The Bertz CT molecular complexity index is 3760. The van der Waals surface area contributed by atoms with Crippen molar-refractivity contribution in [1.82, 2.24) is 38.2 Å². The largest absolute Gasteiger partial charge is 0.298 e. The smallest absolute Gasteiger partial charge is 0.201 e. The van der Waals surface area contributed by atoms with Crippen LogP contribution in [0, 0.1) is 6.92 Å². The van der Waals surface area contributed by atoms with Gasteiger partial charge in [-0.1, -0.05) is 146 Å². The van der Waals surface area contributed by atoms with Crippen molar-refractivity contribution in [2.45, 2.75) is 19.8 Å². The van der Waals surface area contributed by atoms with Crippen molar-refractivity contribution in [2.75, 3.05) is 0 Å². The molecule has 13 rings (SSSR count). The van der Waals surface area contributed by atoms with E-state index in [1.165, 1.54) is 16.6 Å². The Kier molecular flexibility index (Phi) is 8.23. The average Bonchev–Trinajstić information content (AvgIpc) is 4.07. The number of para-hydroxylation sites is 6. The molecule has 0 amide bonds. The molecule has 0 bridgehead atoms. The highest BCUT2D eigenvalue weighted by atomic mass is 15.2. The lowest BCUT2D eigenvalue weighted by Gasteiger charge is -2.17. The molecule has 8 heteroatoms. The van der Waals surface area contributed by atoms with Gasteiger partial charge in [0.2, 0.25) is 11.6 Å². The van der Waals surface area contributed by atoms with Gasteiger partial charge in [0.25, 0.3) is 0 Å². The molecule has 0 aliphatic heterocycles. The van der Waals surface area contributed by atoms with Crippen molar-refractivity contribution in [2.24, 2.45) is 0 Å². The predicted molar refractivity (Wildman–Crippen MR) is 267 cm³/mol. The third-order valence-corrected chi connectivity index (χ3v) is 13.1.